The van der Waals surface area contributed by atoms with Crippen LogP contribution >= 0.6 is 0 Å². The zero-order valence-corrected chi connectivity index (χ0v) is 12.0. The topological polar surface area (TPSA) is 45.4 Å². The highest BCUT2D eigenvalue weighted by atomic mass is 16.3. The number of likely N-dealkylation sites (tertiary alicyclic amines) is 1. The molecule has 0 unspecified atom stereocenters. The Bertz CT molecular complexity index is 547. The molecular weight excluding hydrogens is 252 g/mol. The van der Waals surface area contributed by atoms with Gasteiger partial charge in [-0.3, -0.25) is 0 Å². The Kier molecular flexibility index (Phi) is 3.69. The summed E-state index contributed by atoms with van der Waals surface area (Å²) in [6.07, 6.45) is 7.36. The first kappa shape index (κ1) is 13.1. The number of rotatable bonds is 3. The van der Waals surface area contributed by atoms with Gasteiger partial charge in [-0.2, -0.15) is 0 Å². The molecule has 1 aliphatic rings. The lowest BCUT2D eigenvalue weighted by Gasteiger charge is -2.35. The van der Waals surface area contributed by atoms with E-state index >= 15 is 0 Å². The summed E-state index contributed by atoms with van der Waals surface area (Å²) in [6.45, 7) is 2.29. The number of furan rings is 1. The van der Waals surface area contributed by atoms with Crippen LogP contribution in [0.25, 0.3) is 11.3 Å². The fourth-order valence-corrected chi connectivity index (χ4v) is 2.68. The van der Waals surface area contributed by atoms with Crippen LogP contribution in [0.2, 0.25) is 0 Å². The Morgan fingerprint density at radius 2 is 2.10 bits per heavy atom. The van der Waals surface area contributed by atoms with E-state index < -0.39 is 0 Å². The molecule has 0 aliphatic carbocycles. The highest BCUT2D eigenvalue weighted by Gasteiger charge is 2.21. The van der Waals surface area contributed by atoms with E-state index in [0.717, 1.165) is 30.2 Å². The molecule has 0 amide bonds. The number of aromatic nitrogens is 2. The van der Waals surface area contributed by atoms with E-state index in [1.807, 2.05) is 12.1 Å². The van der Waals surface area contributed by atoms with Crippen molar-refractivity contribution in [3.8, 4) is 11.3 Å². The molecule has 0 atom stereocenters. The lowest BCUT2D eigenvalue weighted by Crippen LogP contribution is -2.42. The van der Waals surface area contributed by atoms with Crippen LogP contribution < -0.4 is 4.90 Å². The van der Waals surface area contributed by atoms with Gasteiger partial charge in [-0.25, -0.2) is 9.97 Å². The normalized spacial score (nSPS) is 17.3. The molecule has 5 nitrogen and oxygen atoms in total. The summed E-state index contributed by atoms with van der Waals surface area (Å²) in [6, 6.07) is 4.50. The minimum absolute atomic E-state index is 0.554. The fraction of sp³-hybridized carbons (Fsp3) is 0.467. The third-order valence-corrected chi connectivity index (χ3v) is 4.07. The van der Waals surface area contributed by atoms with Crippen molar-refractivity contribution in [1.29, 1.82) is 0 Å². The highest BCUT2D eigenvalue weighted by Crippen LogP contribution is 2.24. The fourth-order valence-electron chi connectivity index (χ4n) is 2.68. The molecule has 0 N–H and O–H groups in total. The minimum atomic E-state index is 0.554. The summed E-state index contributed by atoms with van der Waals surface area (Å²) in [5.74, 6) is 0.978. The Balaban J connectivity index is 1.78. The average molecular weight is 272 g/mol. The molecule has 0 bridgehead atoms. The Morgan fingerprint density at radius 3 is 2.80 bits per heavy atom. The molecular formula is C15H20N4O. The second kappa shape index (κ2) is 5.63. The van der Waals surface area contributed by atoms with Crippen molar-refractivity contribution in [1.82, 2.24) is 14.9 Å². The predicted molar refractivity (Wildman–Crippen MR) is 78.7 cm³/mol. The van der Waals surface area contributed by atoms with E-state index in [9.17, 15) is 0 Å². The van der Waals surface area contributed by atoms with Crippen LogP contribution in [0, 0.1) is 0 Å². The van der Waals surface area contributed by atoms with Gasteiger partial charge in [-0.1, -0.05) is 0 Å². The summed E-state index contributed by atoms with van der Waals surface area (Å²) in [7, 11) is 4.30. The van der Waals surface area contributed by atoms with Gasteiger partial charge in [0.1, 0.15) is 12.1 Å². The Morgan fingerprint density at radius 1 is 1.30 bits per heavy atom. The molecule has 2 aromatic rings. The second-order valence-corrected chi connectivity index (χ2v) is 5.42. The summed E-state index contributed by atoms with van der Waals surface area (Å²) in [5, 5.41) is 0. The lowest BCUT2D eigenvalue weighted by atomic mass is 10.0. The van der Waals surface area contributed by atoms with Crippen LogP contribution in [0.3, 0.4) is 0 Å². The monoisotopic (exact) mass is 272 g/mol. The molecule has 5 heteroatoms. The maximum atomic E-state index is 5.12. The molecule has 3 heterocycles. The van der Waals surface area contributed by atoms with E-state index in [0.29, 0.717) is 6.04 Å². The second-order valence-electron chi connectivity index (χ2n) is 5.42. The van der Waals surface area contributed by atoms with Crippen molar-refractivity contribution >= 4 is 5.82 Å². The Hall–Kier alpha value is -1.88. The Labute approximate surface area is 119 Å². The highest BCUT2D eigenvalue weighted by molar-refractivity contribution is 5.61. The maximum Gasteiger partial charge on any atom is 0.132 e. The molecule has 0 aromatic carbocycles. The third kappa shape index (κ3) is 2.67. The quantitative estimate of drug-likeness (QED) is 0.857. The minimum Gasteiger partial charge on any atom is -0.472 e. The number of hydrogen-bond acceptors (Lipinski definition) is 5. The number of piperidine rings is 1. The molecule has 2 aromatic heterocycles. The van der Waals surface area contributed by atoms with Crippen LogP contribution in [-0.4, -0.2) is 48.1 Å². The predicted octanol–water partition coefficient (Wildman–Crippen LogP) is 2.27. The van der Waals surface area contributed by atoms with E-state index in [1.54, 1.807) is 18.9 Å². The zero-order valence-electron chi connectivity index (χ0n) is 12.0. The van der Waals surface area contributed by atoms with Crippen LogP contribution in [0.1, 0.15) is 12.8 Å². The van der Waals surface area contributed by atoms with Gasteiger partial charge >= 0.3 is 0 Å². The molecule has 1 fully saturated rings. The first-order valence-electron chi connectivity index (χ1n) is 7.00. The van der Waals surface area contributed by atoms with Crippen LogP contribution in [-0.2, 0) is 0 Å². The standard InChI is InChI=1S/C15H20N4O/c1-18-6-3-13(4-7-18)19(2)15-9-14(16-11-17-15)12-5-8-20-10-12/h5,8-11,13H,3-4,6-7H2,1-2H3. The van der Waals surface area contributed by atoms with E-state index in [-0.39, 0.29) is 0 Å². The van der Waals surface area contributed by atoms with Gasteiger partial charge in [-0.15, -0.1) is 0 Å². The summed E-state index contributed by atoms with van der Waals surface area (Å²) < 4.78 is 5.12. The van der Waals surface area contributed by atoms with E-state index in [4.69, 9.17) is 4.42 Å². The van der Waals surface area contributed by atoms with Crippen LogP contribution in [0.5, 0.6) is 0 Å². The molecule has 20 heavy (non-hydrogen) atoms. The molecule has 1 saturated heterocycles. The molecule has 0 radical (unpaired) electrons. The van der Waals surface area contributed by atoms with Crippen LogP contribution in [0.4, 0.5) is 5.82 Å². The summed E-state index contributed by atoms with van der Waals surface area (Å²) in [4.78, 5) is 13.4. The van der Waals surface area contributed by atoms with E-state index in [2.05, 4.69) is 33.9 Å². The van der Waals surface area contributed by atoms with Gasteiger partial charge in [-0.05, 0) is 39.0 Å². The van der Waals surface area contributed by atoms with Crippen molar-refractivity contribution in [2.75, 3.05) is 32.1 Å². The van der Waals surface area contributed by atoms with Gasteiger partial charge in [0.15, 0.2) is 0 Å². The zero-order chi connectivity index (χ0) is 13.9. The SMILES string of the molecule is CN1CCC(N(C)c2cc(-c3ccoc3)ncn2)CC1. The van der Waals surface area contributed by atoms with Crippen molar-refractivity contribution in [3.05, 3.63) is 31.0 Å². The molecule has 1 aliphatic heterocycles. The van der Waals surface area contributed by atoms with Crippen molar-refractivity contribution in [2.45, 2.75) is 18.9 Å². The third-order valence-electron chi connectivity index (χ3n) is 4.07. The number of nitrogens with zero attached hydrogens (tertiary/aromatic N) is 4. The van der Waals surface area contributed by atoms with Gasteiger partial charge in [0.05, 0.1) is 18.2 Å². The molecule has 0 saturated carbocycles. The van der Waals surface area contributed by atoms with Gasteiger partial charge in [0, 0.05) is 24.7 Å². The first-order valence-corrected chi connectivity index (χ1v) is 7.00. The van der Waals surface area contributed by atoms with E-state index in [1.165, 1.54) is 12.8 Å². The van der Waals surface area contributed by atoms with Crippen molar-refractivity contribution in [3.63, 3.8) is 0 Å². The van der Waals surface area contributed by atoms with Crippen molar-refractivity contribution < 1.29 is 4.42 Å². The summed E-state index contributed by atoms with van der Waals surface area (Å²) in [5.41, 5.74) is 1.90. The molecule has 3 rings (SSSR count). The average Bonchev–Trinajstić information content (AvgIpc) is 3.02. The first-order chi connectivity index (χ1) is 9.74. The lowest BCUT2D eigenvalue weighted by molar-refractivity contribution is 0.252. The number of anilines is 1. The van der Waals surface area contributed by atoms with Gasteiger partial charge < -0.3 is 14.2 Å². The van der Waals surface area contributed by atoms with Gasteiger partial charge in [0.2, 0.25) is 0 Å². The van der Waals surface area contributed by atoms with Crippen LogP contribution in [0.15, 0.2) is 35.4 Å². The summed E-state index contributed by atoms with van der Waals surface area (Å²) >= 11 is 0. The van der Waals surface area contributed by atoms with Gasteiger partial charge in [0.25, 0.3) is 0 Å². The maximum absolute atomic E-state index is 5.12. The number of hydrogen-bond donors (Lipinski definition) is 0. The smallest absolute Gasteiger partial charge is 0.132 e. The largest absolute Gasteiger partial charge is 0.472 e. The van der Waals surface area contributed by atoms with Crippen molar-refractivity contribution in [2.24, 2.45) is 0 Å². The molecule has 106 valence electrons. The molecule has 0 spiro atoms.